The van der Waals surface area contributed by atoms with Gasteiger partial charge in [0.1, 0.15) is 0 Å². The highest BCUT2D eigenvalue weighted by Gasteiger charge is 2.06. The number of likely N-dealkylation sites (N-methyl/N-ethyl adjacent to an activating group) is 1. The fraction of sp³-hybridized carbons (Fsp3) is 0.615. The zero-order valence-corrected chi connectivity index (χ0v) is 10.9. The SMILES string of the molecule is CCOCCN(CC)c1ccc([C@@H](C)O)nc1. The van der Waals surface area contributed by atoms with Crippen LogP contribution >= 0.6 is 0 Å². The maximum atomic E-state index is 9.39. The van der Waals surface area contributed by atoms with Crippen LogP contribution in [0.5, 0.6) is 0 Å². The summed E-state index contributed by atoms with van der Waals surface area (Å²) in [6, 6.07) is 3.85. The zero-order chi connectivity index (χ0) is 12.7. The van der Waals surface area contributed by atoms with E-state index in [1.165, 1.54) is 0 Å². The Hall–Kier alpha value is -1.13. The Morgan fingerprint density at radius 1 is 1.41 bits per heavy atom. The lowest BCUT2D eigenvalue weighted by Gasteiger charge is -2.22. The van der Waals surface area contributed by atoms with Crippen molar-refractivity contribution in [1.82, 2.24) is 4.98 Å². The first-order chi connectivity index (χ1) is 8.19. The first kappa shape index (κ1) is 13.9. The molecule has 4 nitrogen and oxygen atoms in total. The summed E-state index contributed by atoms with van der Waals surface area (Å²) in [5.74, 6) is 0. The van der Waals surface area contributed by atoms with Crippen LogP contribution in [0.4, 0.5) is 5.69 Å². The van der Waals surface area contributed by atoms with Crippen molar-refractivity contribution >= 4 is 5.69 Å². The lowest BCUT2D eigenvalue weighted by atomic mass is 10.2. The van der Waals surface area contributed by atoms with Crippen molar-refractivity contribution in [3.05, 3.63) is 24.0 Å². The van der Waals surface area contributed by atoms with Gasteiger partial charge in [0, 0.05) is 19.7 Å². The van der Waals surface area contributed by atoms with Crippen molar-refractivity contribution < 1.29 is 9.84 Å². The largest absolute Gasteiger partial charge is 0.387 e. The van der Waals surface area contributed by atoms with Crippen LogP contribution in [0.25, 0.3) is 0 Å². The Morgan fingerprint density at radius 3 is 2.65 bits per heavy atom. The predicted molar refractivity (Wildman–Crippen MR) is 69.3 cm³/mol. The zero-order valence-electron chi connectivity index (χ0n) is 10.9. The number of ether oxygens (including phenoxy) is 1. The number of hydrogen-bond acceptors (Lipinski definition) is 4. The second-order valence-corrected chi connectivity index (χ2v) is 3.89. The number of nitrogens with zero attached hydrogens (tertiary/aromatic N) is 2. The van der Waals surface area contributed by atoms with Gasteiger partial charge in [-0.05, 0) is 32.9 Å². The van der Waals surface area contributed by atoms with Gasteiger partial charge in [0.15, 0.2) is 0 Å². The smallest absolute Gasteiger partial charge is 0.0931 e. The lowest BCUT2D eigenvalue weighted by molar-refractivity contribution is 0.154. The molecule has 1 aromatic rings. The van der Waals surface area contributed by atoms with E-state index in [9.17, 15) is 5.11 Å². The highest BCUT2D eigenvalue weighted by molar-refractivity contribution is 5.44. The number of pyridine rings is 1. The van der Waals surface area contributed by atoms with Crippen LogP contribution in [0.15, 0.2) is 18.3 Å². The highest BCUT2D eigenvalue weighted by atomic mass is 16.5. The molecule has 0 aliphatic carbocycles. The van der Waals surface area contributed by atoms with Gasteiger partial charge in [-0.15, -0.1) is 0 Å². The number of hydrogen-bond donors (Lipinski definition) is 1. The predicted octanol–water partition coefficient (Wildman–Crippen LogP) is 2.00. The third-order valence-corrected chi connectivity index (χ3v) is 2.66. The molecule has 1 N–H and O–H groups in total. The molecular weight excluding hydrogens is 216 g/mol. The number of rotatable bonds is 7. The first-order valence-electron chi connectivity index (χ1n) is 6.15. The van der Waals surface area contributed by atoms with Crippen LogP contribution in [0, 0.1) is 0 Å². The maximum Gasteiger partial charge on any atom is 0.0931 e. The summed E-state index contributed by atoms with van der Waals surface area (Å²) in [5, 5.41) is 9.39. The van der Waals surface area contributed by atoms with Crippen molar-refractivity contribution in [1.29, 1.82) is 0 Å². The van der Waals surface area contributed by atoms with E-state index in [2.05, 4.69) is 16.8 Å². The Labute approximate surface area is 103 Å². The van der Waals surface area contributed by atoms with Crippen LogP contribution in [0.3, 0.4) is 0 Å². The fourth-order valence-electron chi connectivity index (χ4n) is 1.62. The number of anilines is 1. The summed E-state index contributed by atoms with van der Waals surface area (Å²) in [7, 11) is 0. The van der Waals surface area contributed by atoms with Gasteiger partial charge in [0.05, 0.1) is 30.3 Å². The van der Waals surface area contributed by atoms with E-state index < -0.39 is 6.10 Å². The van der Waals surface area contributed by atoms with Crippen LogP contribution in [0.2, 0.25) is 0 Å². The summed E-state index contributed by atoms with van der Waals surface area (Å²) in [5.41, 5.74) is 1.77. The van der Waals surface area contributed by atoms with Gasteiger partial charge in [0.25, 0.3) is 0 Å². The second-order valence-electron chi connectivity index (χ2n) is 3.89. The number of aliphatic hydroxyl groups is 1. The average Bonchev–Trinajstić information content (AvgIpc) is 2.35. The molecule has 0 saturated carbocycles. The minimum Gasteiger partial charge on any atom is -0.387 e. The average molecular weight is 238 g/mol. The molecule has 0 saturated heterocycles. The third-order valence-electron chi connectivity index (χ3n) is 2.66. The van der Waals surface area contributed by atoms with Gasteiger partial charge in [-0.25, -0.2) is 0 Å². The Balaban J connectivity index is 2.62. The van der Waals surface area contributed by atoms with Gasteiger partial charge in [-0.3, -0.25) is 4.98 Å². The van der Waals surface area contributed by atoms with Gasteiger partial charge < -0.3 is 14.7 Å². The Kier molecular flexibility index (Phi) is 5.94. The quantitative estimate of drug-likeness (QED) is 0.738. The molecule has 0 amide bonds. The van der Waals surface area contributed by atoms with Gasteiger partial charge in [-0.1, -0.05) is 0 Å². The molecule has 1 aromatic heterocycles. The molecule has 1 rings (SSSR count). The summed E-state index contributed by atoms with van der Waals surface area (Å²) < 4.78 is 5.35. The molecule has 0 fully saturated rings. The van der Waals surface area contributed by atoms with Crippen LogP contribution in [-0.4, -0.2) is 36.4 Å². The monoisotopic (exact) mass is 238 g/mol. The van der Waals surface area contributed by atoms with Gasteiger partial charge in [-0.2, -0.15) is 0 Å². The van der Waals surface area contributed by atoms with Crippen LogP contribution < -0.4 is 4.90 Å². The Bertz CT molecular complexity index is 312. The Morgan fingerprint density at radius 2 is 2.18 bits per heavy atom. The molecule has 0 aliphatic heterocycles. The van der Waals surface area contributed by atoms with Crippen molar-refractivity contribution in [2.45, 2.75) is 26.9 Å². The van der Waals surface area contributed by atoms with Crippen LogP contribution in [0.1, 0.15) is 32.6 Å². The summed E-state index contributed by atoms with van der Waals surface area (Å²) in [6.07, 6.45) is 1.29. The van der Waals surface area contributed by atoms with Gasteiger partial charge >= 0.3 is 0 Å². The molecule has 4 heteroatoms. The summed E-state index contributed by atoms with van der Waals surface area (Å²) in [4.78, 5) is 6.45. The van der Waals surface area contributed by atoms with E-state index in [1.807, 2.05) is 19.1 Å². The fourth-order valence-corrected chi connectivity index (χ4v) is 1.62. The van der Waals surface area contributed by atoms with E-state index >= 15 is 0 Å². The molecule has 1 heterocycles. The standard InChI is InChI=1S/C13H22N2O2/c1-4-15(8-9-17-5-2)12-6-7-13(11(3)16)14-10-12/h6-7,10-11,16H,4-5,8-9H2,1-3H3/t11-/m1/s1. The molecule has 0 spiro atoms. The van der Waals surface area contributed by atoms with E-state index in [0.29, 0.717) is 5.69 Å². The molecular formula is C13H22N2O2. The topological polar surface area (TPSA) is 45.6 Å². The van der Waals surface area contributed by atoms with E-state index in [0.717, 1.165) is 32.0 Å². The second kappa shape index (κ2) is 7.25. The van der Waals surface area contributed by atoms with Crippen LogP contribution in [-0.2, 0) is 4.74 Å². The van der Waals surface area contributed by atoms with Crippen molar-refractivity contribution in [2.75, 3.05) is 31.2 Å². The third kappa shape index (κ3) is 4.32. The minimum absolute atomic E-state index is 0.512. The molecule has 17 heavy (non-hydrogen) atoms. The van der Waals surface area contributed by atoms with Crippen molar-refractivity contribution in [3.8, 4) is 0 Å². The van der Waals surface area contributed by atoms with Crippen molar-refractivity contribution in [3.63, 3.8) is 0 Å². The number of aliphatic hydroxyl groups excluding tert-OH is 1. The maximum absolute atomic E-state index is 9.39. The van der Waals surface area contributed by atoms with E-state index in [4.69, 9.17) is 4.74 Å². The van der Waals surface area contributed by atoms with E-state index in [1.54, 1.807) is 13.1 Å². The summed E-state index contributed by atoms with van der Waals surface area (Å²) >= 11 is 0. The molecule has 0 aromatic carbocycles. The van der Waals surface area contributed by atoms with Crippen molar-refractivity contribution in [2.24, 2.45) is 0 Å². The van der Waals surface area contributed by atoms with E-state index in [-0.39, 0.29) is 0 Å². The normalized spacial score (nSPS) is 12.5. The first-order valence-corrected chi connectivity index (χ1v) is 6.15. The lowest BCUT2D eigenvalue weighted by Crippen LogP contribution is -2.27. The molecule has 0 aliphatic rings. The van der Waals surface area contributed by atoms with Gasteiger partial charge in [0.2, 0.25) is 0 Å². The summed E-state index contributed by atoms with van der Waals surface area (Å²) in [6.45, 7) is 9.07. The highest BCUT2D eigenvalue weighted by Crippen LogP contribution is 2.15. The molecule has 96 valence electrons. The molecule has 1 atom stereocenters. The molecule has 0 radical (unpaired) electrons. The molecule has 0 bridgehead atoms. The molecule has 0 unspecified atom stereocenters. The minimum atomic E-state index is -0.512. The number of aromatic nitrogens is 1.